The van der Waals surface area contributed by atoms with Crippen molar-refractivity contribution in [3.63, 3.8) is 0 Å². The summed E-state index contributed by atoms with van der Waals surface area (Å²) in [6.07, 6.45) is 1.63. The number of anilines is 2. The van der Waals surface area contributed by atoms with E-state index in [0.717, 1.165) is 12.8 Å². The molecule has 1 aliphatic rings. The molecule has 1 saturated heterocycles. The van der Waals surface area contributed by atoms with Crippen molar-refractivity contribution in [2.45, 2.75) is 24.7 Å². The summed E-state index contributed by atoms with van der Waals surface area (Å²) in [7, 11) is -3.76. The Bertz CT molecular complexity index is 1280. The Labute approximate surface area is 202 Å². The van der Waals surface area contributed by atoms with Crippen LogP contribution in [0.2, 0.25) is 0 Å². The molecule has 8 nitrogen and oxygen atoms in total. The zero-order valence-corrected chi connectivity index (χ0v) is 20.2. The Balaban J connectivity index is 1.60. The molecular formula is C24H25N3O5S2. The van der Waals surface area contributed by atoms with Crippen molar-refractivity contribution >= 4 is 44.5 Å². The van der Waals surface area contributed by atoms with Gasteiger partial charge in [0.2, 0.25) is 10.0 Å². The van der Waals surface area contributed by atoms with Crippen LogP contribution in [0, 0.1) is 0 Å². The number of benzene rings is 2. The zero-order valence-electron chi connectivity index (χ0n) is 18.6. The van der Waals surface area contributed by atoms with E-state index in [0.29, 0.717) is 35.9 Å². The van der Waals surface area contributed by atoms with Gasteiger partial charge in [-0.2, -0.15) is 4.31 Å². The van der Waals surface area contributed by atoms with Crippen molar-refractivity contribution in [1.29, 1.82) is 0 Å². The lowest BCUT2D eigenvalue weighted by atomic mass is 10.1. The Kier molecular flexibility index (Phi) is 7.30. The number of rotatable bonds is 8. The molecule has 3 aromatic rings. The molecule has 10 heteroatoms. The van der Waals surface area contributed by atoms with E-state index in [1.165, 1.54) is 21.7 Å². The molecule has 1 fully saturated rings. The second-order valence-corrected chi connectivity index (χ2v) is 10.5. The summed E-state index contributed by atoms with van der Waals surface area (Å²) in [6.45, 7) is 3.01. The van der Waals surface area contributed by atoms with E-state index in [1.807, 2.05) is 0 Å². The molecule has 178 valence electrons. The van der Waals surface area contributed by atoms with E-state index in [1.54, 1.807) is 60.8 Å². The molecule has 2 amide bonds. The van der Waals surface area contributed by atoms with Gasteiger partial charge in [0.25, 0.3) is 11.8 Å². The summed E-state index contributed by atoms with van der Waals surface area (Å²) in [5, 5.41) is 7.32. The van der Waals surface area contributed by atoms with Crippen LogP contribution in [0.1, 0.15) is 39.8 Å². The third-order valence-corrected chi connectivity index (χ3v) is 8.14. The van der Waals surface area contributed by atoms with E-state index >= 15 is 0 Å². The lowest BCUT2D eigenvalue weighted by Gasteiger charge is -2.19. The second-order valence-electron chi connectivity index (χ2n) is 7.64. The minimum absolute atomic E-state index is 0.0216. The van der Waals surface area contributed by atoms with Crippen LogP contribution in [0.5, 0.6) is 5.75 Å². The van der Waals surface area contributed by atoms with Crippen LogP contribution in [-0.4, -0.2) is 44.2 Å². The molecule has 4 rings (SSSR count). The number of ether oxygens (including phenoxy) is 1. The average molecular weight is 500 g/mol. The van der Waals surface area contributed by atoms with Gasteiger partial charge in [0, 0.05) is 18.8 Å². The van der Waals surface area contributed by atoms with E-state index in [4.69, 9.17) is 4.74 Å². The Morgan fingerprint density at radius 1 is 1.00 bits per heavy atom. The van der Waals surface area contributed by atoms with Crippen molar-refractivity contribution in [2.24, 2.45) is 0 Å². The van der Waals surface area contributed by atoms with Crippen LogP contribution >= 0.6 is 11.3 Å². The first kappa shape index (κ1) is 23.9. The Morgan fingerprint density at radius 2 is 1.76 bits per heavy atom. The average Bonchev–Trinajstić information content (AvgIpc) is 3.55. The van der Waals surface area contributed by atoms with Crippen LogP contribution in [0.3, 0.4) is 0 Å². The number of amides is 2. The minimum Gasteiger partial charge on any atom is -0.492 e. The molecule has 0 radical (unpaired) electrons. The number of nitrogens with zero attached hydrogens (tertiary/aromatic N) is 1. The number of para-hydroxylation sites is 1. The molecule has 0 spiro atoms. The van der Waals surface area contributed by atoms with Crippen LogP contribution in [0.15, 0.2) is 64.9 Å². The van der Waals surface area contributed by atoms with Gasteiger partial charge in [0.15, 0.2) is 0 Å². The van der Waals surface area contributed by atoms with Crippen molar-refractivity contribution in [2.75, 3.05) is 30.3 Å². The first-order chi connectivity index (χ1) is 16.4. The quantitative estimate of drug-likeness (QED) is 0.477. The highest BCUT2D eigenvalue weighted by Crippen LogP contribution is 2.32. The minimum atomic E-state index is -3.76. The third-order valence-electron chi connectivity index (χ3n) is 5.35. The highest BCUT2D eigenvalue weighted by Gasteiger charge is 2.30. The Morgan fingerprint density at radius 3 is 2.47 bits per heavy atom. The summed E-state index contributed by atoms with van der Waals surface area (Å²) >= 11 is 1.30. The number of carbonyl (C=O) groups excluding carboxylic acids is 2. The molecule has 0 aliphatic carbocycles. The predicted molar refractivity (Wildman–Crippen MR) is 132 cm³/mol. The van der Waals surface area contributed by atoms with Gasteiger partial charge in [0.05, 0.1) is 22.7 Å². The number of hydrogen-bond acceptors (Lipinski definition) is 6. The summed E-state index contributed by atoms with van der Waals surface area (Å²) in [6, 6.07) is 14.7. The summed E-state index contributed by atoms with van der Waals surface area (Å²) in [5.74, 6) is -0.540. The van der Waals surface area contributed by atoms with Gasteiger partial charge >= 0.3 is 0 Å². The fourth-order valence-corrected chi connectivity index (χ4v) is 6.00. The second kappa shape index (κ2) is 10.4. The lowest BCUT2D eigenvalue weighted by molar-refractivity contribution is 0.102. The van der Waals surface area contributed by atoms with Crippen LogP contribution < -0.4 is 15.4 Å². The zero-order chi connectivity index (χ0) is 24.1. The normalized spacial score (nSPS) is 14.0. The van der Waals surface area contributed by atoms with Gasteiger partial charge in [-0.3, -0.25) is 9.59 Å². The summed E-state index contributed by atoms with van der Waals surface area (Å²) < 4.78 is 33.4. The molecule has 1 aliphatic heterocycles. The molecule has 2 heterocycles. The SMILES string of the molecule is CCOc1ccc(NC(=O)c2ccccc2NC(=O)c2cccs2)cc1S(=O)(=O)N1CCCC1. The highest BCUT2D eigenvalue weighted by molar-refractivity contribution is 7.89. The maximum Gasteiger partial charge on any atom is 0.265 e. The molecule has 0 saturated carbocycles. The van der Waals surface area contributed by atoms with E-state index in [2.05, 4.69) is 10.6 Å². The van der Waals surface area contributed by atoms with Gasteiger partial charge in [-0.15, -0.1) is 11.3 Å². The van der Waals surface area contributed by atoms with Crippen molar-refractivity contribution in [1.82, 2.24) is 4.31 Å². The number of carbonyl (C=O) groups is 2. The van der Waals surface area contributed by atoms with Crippen molar-refractivity contribution in [3.05, 3.63) is 70.4 Å². The maximum absolute atomic E-state index is 13.2. The molecule has 2 N–H and O–H groups in total. The first-order valence-electron chi connectivity index (χ1n) is 10.9. The molecule has 0 atom stereocenters. The van der Waals surface area contributed by atoms with Crippen molar-refractivity contribution < 1.29 is 22.7 Å². The van der Waals surface area contributed by atoms with Gasteiger partial charge in [0.1, 0.15) is 10.6 Å². The predicted octanol–water partition coefficient (Wildman–Crippen LogP) is 4.44. The number of sulfonamides is 1. The van der Waals surface area contributed by atoms with Crippen LogP contribution in [0.4, 0.5) is 11.4 Å². The van der Waals surface area contributed by atoms with E-state index < -0.39 is 15.9 Å². The number of thiophene rings is 1. The number of nitrogens with one attached hydrogen (secondary N) is 2. The largest absolute Gasteiger partial charge is 0.492 e. The molecule has 0 unspecified atom stereocenters. The Hall–Kier alpha value is -3.21. The molecule has 0 bridgehead atoms. The first-order valence-corrected chi connectivity index (χ1v) is 13.2. The molecule has 2 aromatic carbocycles. The van der Waals surface area contributed by atoms with Crippen molar-refractivity contribution in [3.8, 4) is 5.75 Å². The third kappa shape index (κ3) is 5.14. The summed E-state index contributed by atoms with van der Waals surface area (Å²) in [4.78, 5) is 26.1. The van der Waals surface area contributed by atoms with Gasteiger partial charge in [-0.25, -0.2) is 8.42 Å². The smallest absolute Gasteiger partial charge is 0.265 e. The standard InChI is InChI=1S/C24H25N3O5S2/c1-2-32-20-12-11-17(16-22(20)34(30,31)27-13-5-6-14-27)25-23(28)18-8-3-4-9-19(18)26-24(29)21-10-7-15-33-21/h3-4,7-12,15-16H,2,5-6,13-14H2,1H3,(H,25,28)(H,26,29). The van der Waals surface area contributed by atoms with Gasteiger partial charge < -0.3 is 15.4 Å². The highest BCUT2D eigenvalue weighted by atomic mass is 32.2. The summed E-state index contributed by atoms with van der Waals surface area (Å²) in [5.41, 5.74) is 0.921. The molecular weight excluding hydrogens is 474 g/mol. The fraction of sp³-hybridized carbons (Fsp3) is 0.250. The monoisotopic (exact) mass is 499 g/mol. The van der Waals surface area contributed by atoms with Gasteiger partial charge in [-0.1, -0.05) is 18.2 Å². The fourth-order valence-electron chi connectivity index (χ4n) is 3.71. The van der Waals surface area contributed by atoms with Crippen LogP contribution in [-0.2, 0) is 10.0 Å². The molecule has 1 aromatic heterocycles. The van der Waals surface area contributed by atoms with Gasteiger partial charge in [-0.05, 0) is 61.5 Å². The maximum atomic E-state index is 13.2. The van der Waals surface area contributed by atoms with E-state index in [-0.39, 0.29) is 22.1 Å². The number of hydrogen-bond donors (Lipinski definition) is 2. The topological polar surface area (TPSA) is 105 Å². The molecule has 34 heavy (non-hydrogen) atoms. The van der Waals surface area contributed by atoms with E-state index in [9.17, 15) is 18.0 Å². The van der Waals surface area contributed by atoms with Crippen LogP contribution in [0.25, 0.3) is 0 Å². The lowest BCUT2D eigenvalue weighted by Crippen LogP contribution is -2.28.